The van der Waals surface area contributed by atoms with Crippen LogP contribution in [0.15, 0.2) is 48.5 Å². The van der Waals surface area contributed by atoms with E-state index in [0.717, 1.165) is 25.3 Å². The molecular formula is C19H22ClNO. The van der Waals surface area contributed by atoms with E-state index in [-0.39, 0.29) is 11.5 Å². The van der Waals surface area contributed by atoms with E-state index in [2.05, 4.69) is 49.5 Å². The van der Waals surface area contributed by atoms with Gasteiger partial charge in [-0.3, -0.25) is 0 Å². The summed E-state index contributed by atoms with van der Waals surface area (Å²) in [7, 11) is 0. The Kier molecular flexibility index (Phi) is 4.42. The molecule has 116 valence electrons. The van der Waals surface area contributed by atoms with E-state index in [4.69, 9.17) is 16.3 Å². The summed E-state index contributed by atoms with van der Waals surface area (Å²) < 4.78 is 5.99. The lowest BCUT2D eigenvalue weighted by Gasteiger charge is -2.27. The quantitative estimate of drug-likeness (QED) is 0.902. The van der Waals surface area contributed by atoms with Gasteiger partial charge in [0, 0.05) is 12.0 Å². The van der Waals surface area contributed by atoms with Gasteiger partial charge in [0.2, 0.25) is 0 Å². The molecule has 3 rings (SSSR count). The van der Waals surface area contributed by atoms with Crippen LogP contribution in [0, 0.1) is 0 Å². The van der Waals surface area contributed by atoms with Crippen molar-refractivity contribution >= 4 is 11.6 Å². The van der Waals surface area contributed by atoms with E-state index in [1.165, 1.54) is 11.1 Å². The van der Waals surface area contributed by atoms with Crippen molar-refractivity contribution in [2.75, 3.05) is 13.1 Å². The van der Waals surface area contributed by atoms with Crippen molar-refractivity contribution < 1.29 is 4.74 Å². The molecule has 2 aromatic rings. The van der Waals surface area contributed by atoms with Crippen molar-refractivity contribution in [1.82, 2.24) is 5.32 Å². The van der Waals surface area contributed by atoms with Crippen LogP contribution < -0.4 is 10.1 Å². The Morgan fingerprint density at radius 1 is 1.09 bits per heavy atom. The molecular weight excluding hydrogens is 294 g/mol. The summed E-state index contributed by atoms with van der Waals surface area (Å²) in [5.74, 6) is 0.781. The van der Waals surface area contributed by atoms with Crippen molar-refractivity contribution in [3.8, 4) is 5.75 Å². The normalized spacial score (nSPS) is 18.4. The van der Waals surface area contributed by atoms with Gasteiger partial charge in [0.1, 0.15) is 11.9 Å². The average Bonchev–Trinajstić information content (AvgIpc) is 3.03. The summed E-state index contributed by atoms with van der Waals surface area (Å²) in [6.45, 7) is 6.35. The van der Waals surface area contributed by atoms with Crippen molar-refractivity contribution in [1.29, 1.82) is 0 Å². The fourth-order valence-electron chi connectivity index (χ4n) is 2.91. The second-order valence-electron chi connectivity index (χ2n) is 6.37. The zero-order chi connectivity index (χ0) is 15.6. The van der Waals surface area contributed by atoms with Gasteiger partial charge in [-0.15, -0.1) is 0 Å². The Morgan fingerprint density at radius 2 is 1.86 bits per heavy atom. The van der Waals surface area contributed by atoms with Crippen molar-refractivity contribution in [3.63, 3.8) is 0 Å². The molecule has 0 radical (unpaired) electrons. The third-order valence-electron chi connectivity index (χ3n) is 4.46. The van der Waals surface area contributed by atoms with E-state index in [0.29, 0.717) is 5.02 Å². The highest BCUT2D eigenvalue weighted by Gasteiger charge is 2.24. The first-order chi connectivity index (χ1) is 10.6. The number of nitrogens with one attached hydrogen (secondary N) is 1. The van der Waals surface area contributed by atoms with E-state index >= 15 is 0 Å². The Bertz CT molecular complexity index is 633. The van der Waals surface area contributed by atoms with Gasteiger partial charge in [0.25, 0.3) is 0 Å². The Balaban J connectivity index is 1.84. The summed E-state index contributed by atoms with van der Waals surface area (Å²) in [6, 6.07) is 16.7. The second kappa shape index (κ2) is 6.31. The van der Waals surface area contributed by atoms with Gasteiger partial charge >= 0.3 is 0 Å². The van der Waals surface area contributed by atoms with Gasteiger partial charge in [-0.05, 0) is 36.2 Å². The van der Waals surface area contributed by atoms with Crippen LogP contribution in [0.3, 0.4) is 0 Å². The molecule has 1 heterocycles. The van der Waals surface area contributed by atoms with Crippen molar-refractivity contribution in [2.45, 2.75) is 31.8 Å². The highest BCUT2D eigenvalue weighted by Crippen LogP contribution is 2.36. The summed E-state index contributed by atoms with van der Waals surface area (Å²) in [5.41, 5.74) is 2.39. The summed E-state index contributed by atoms with van der Waals surface area (Å²) in [5, 5.41) is 3.99. The number of ether oxygens (including phenoxy) is 1. The van der Waals surface area contributed by atoms with Crippen LogP contribution >= 0.6 is 11.6 Å². The summed E-state index contributed by atoms with van der Waals surface area (Å²) in [4.78, 5) is 0. The average molecular weight is 316 g/mol. The van der Waals surface area contributed by atoms with Crippen LogP contribution in [-0.2, 0) is 5.41 Å². The fourth-order valence-corrected chi connectivity index (χ4v) is 3.14. The third-order valence-corrected chi connectivity index (χ3v) is 4.75. The lowest BCUT2D eigenvalue weighted by molar-refractivity contribution is 0.223. The Morgan fingerprint density at radius 3 is 2.50 bits per heavy atom. The molecule has 1 N–H and O–H groups in total. The molecule has 1 atom stereocenters. The van der Waals surface area contributed by atoms with Crippen LogP contribution in [0.2, 0.25) is 5.02 Å². The predicted octanol–water partition coefficient (Wildman–Crippen LogP) is 4.41. The van der Waals surface area contributed by atoms with E-state index in [1.54, 1.807) is 0 Å². The van der Waals surface area contributed by atoms with Gasteiger partial charge < -0.3 is 10.1 Å². The maximum Gasteiger partial charge on any atom is 0.138 e. The molecule has 0 spiro atoms. The predicted molar refractivity (Wildman–Crippen MR) is 91.9 cm³/mol. The molecule has 0 aromatic heterocycles. The van der Waals surface area contributed by atoms with Gasteiger partial charge in [0.05, 0.1) is 5.02 Å². The molecule has 1 aliphatic rings. The van der Waals surface area contributed by atoms with Gasteiger partial charge in [0.15, 0.2) is 0 Å². The fraction of sp³-hybridized carbons (Fsp3) is 0.368. The van der Waals surface area contributed by atoms with Gasteiger partial charge in [-0.1, -0.05) is 61.8 Å². The molecule has 0 amide bonds. The largest absolute Gasteiger partial charge is 0.487 e. The molecule has 2 nitrogen and oxygen atoms in total. The zero-order valence-electron chi connectivity index (χ0n) is 13.1. The topological polar surface area (TPSA) is 21.3 Å². The second-order valence-corrected chi connectivity index (χ2v) is 6.78. The van der Waals surface area contributed by atoms with Crippen molar-refractivity contribution in [2.24, 2.45) is 0 Å². The SMILES string of the molecule is CC(C)(c1ccccc1)c1ccc(O[C@H]2CCNC2)c(Cl)c1. The first-order valence-corrected chi connectivity index (χ1v) is 8.18. The van der Waals surface area contributed by atoms with E-state index < -0.39 is 0 Å². The number of rotatable bonds is 4. The third kappa shape index (κ3) is 3.13. The molecule has 22 heavy (non-hydrogen) atoms. The monoisotopic (exact) mass is 315 g/mol. The van der Waals surface area contributed by atoms with Crippen LogP contribution in [0.4, 0.5) is 0 Å². The first-order valence-electron chi connectivity index (χ1n) is 7.80. The smallest absolute Gasteiger partial charge is 0.138 e. The first kappa shape index (κ1) is 15.4. The van der Waals surface area contributed by atoms with Gasteiger partial charge in [-0.25, -0.2) is 0 Å². The Labute approximate surface area is 137 Å². The van der Waals surface area contributed by atoms with Gasteiger partial charge in [-0.2, -0.15) is 0 Å². The maximum atomic E-state index is 6.46. The number of halogens is 1. The number of benzene rings is 2. The maximum absolute atomic E-state index is 6.46. The highest BCUT2D eigenvalue weighted by molar-refractivity contribution is 6.32. The minimum atomic E-state index is -0.0850. The standard InChI is InChI=1S/C19H22ClNO/c1-19(2,14-6-4-3-5-7-14)15-8-9-18(17(20)12-15)22-16-10-11-21-13-16/h3-9,12,16,21H,10-11,13H2,1-2H3/t16-/m0/s1. The van der Waals surface area contributed by atoms with Crippen LogP contribution in [0.1, 0.15) is 31.4 Å². The number of hydrogen-bond donors (Lipinski definition) is 1. The van der Waals surface area contributed by atoms with E-state index in [1.807, 2.05) is 18.2 Å². The molecule has 2 aromatic carbocycles. The molecule has 0 aliphatic carbocycles. The molecule has 3 heteroatoms. The molecule has 0 unspecified atom stereocenters. The molecule has 1 aliphatic heterocycles. The number of hydrogen-bond acceptors (Lipinski definition) is 2. The minimum Gasteiger partial charge on any atom is -0.487 e. The van der Waals surface area contributed by atoms with E-state index in [9.17, 15) is 0 Å². The zero-order valence-corrected chi connectivity index (χ0v) is 13.9. The summed E-state index contributed by atoms with van der Waals surface area (Å²) in [6.07, 6.45) is 1.26. The molecule has 0 bridgehead atoms. The van der Waals surface area contributed by atoms with Crippen molar-refractivity contribution in [3.05, 3.63) is 64.7 Å². The Hall–Kier alpha value is -1.51. The minimum absolute atomic E-state index is 0.0850. The summed E-state index contributed by atoms with van der Waals surface area (Å²) >= 11 is 6.46. The lowest BCUT2D eigenvalue weighted by atomic mass is 9.78. The van der Waals surface area contributed by atoms with Crippen LogP contribution in [0.5, 0.6) is 5.75 Å². The molecule has 1 fully saturated rings. The van der Waals surface area contributed by atoms with Crippen LogP contribution in [0.25, 0.3) is 0 Å². The molecule has 1 saturated heterocycles. The molecule has 0 saturated carbocycles. The lowest BCUT2D eigenvalue weighted by Crippen LogP contribution is -2.21. The van der Waals surface area contributed by atoms with Crippen LogP contribution in [-0.4, -0.2) is 19.2 Å². The highest BCUT2D eigenvalue weighted by atomic mass is 35.5.